The van der Waals surface area contributed by atoms with Crippen molar-refractivity contribution in [2.24, 2.45) is 0 Å². The number of aromatic nitrogens is 1. The number of quaternary nitrogens is 1. The van der Waals surface area contributed by atoms with Gasteiger partial charge in [0.05, 0.1) is 56.2 Å². The van der Waals surface area contributed by atoms with Crippen LogP contribution in [0.1, 0.15) is 26.3 Å². The number of carboxylic acid groups (broad SMARTS) is 1. The van der Waals surface area contributed by atoms with Crippen molar-refractivity contribution in [2.45, 2.75) is 6.92 Å². The van der Waals surface area contributed by atoms with Crippen molar-refractivity contribution in [3.8, 4) is 11.3 Å². The van der Waals surface area contributed by atoms with Crippen LogP contribution in [0.15, 0.2) is 71.2 Å². The molecule has 0 spiro atoms. The summed E-state index contributed by atoms with van der Waals surface area (Å²) in [6.45, 7) is 2.91. The van der Waals surface area contributed by atoms with Crippen LogP contribution in [-0.2, 0) is 0 Å². The second-order valence-electron chi connectivity index (χ2n) is 9.66. The van der Waals surface area contributed by atoms with Gasteiger partial charge < -0.3 is 24.8 Å². The first kappa shape index (κ1) is 28.9. The molecule has 4 rings (SSSR count). The highest BCUT2D eigenvalue weighted by Crippen LogP contribution is 2.32. The van der Waals surface area contributed by atoms with Crippen LogP contribution in [0.25, 0.3) is 22.2 Å². The summed E-state index contributed by atoms with van der Waals surface area (Å²) in [6.07, 6.45) is 0. The first-order valence-electron chi connectivity index (χ1n) is 11.8. The second kappa shape index (κ2) is 12.3. The zero-order valence-corrected chi connectivity index (χ0v) is 23.2. The van der Waals surface area contributed by atoms with Crippen molar-refractivity contribution < 1.29 is 28.7 Å². The topological polar surface area (TPSA) is 102 Å². The molecule has 38 heavy (non-hydrogen) atoms. The number of hydrogen-bond donors (Lipinski definition) is 2. The van der Waals surface area contributed by atoms with Crippen molar-refractivity contribution in [2.75, 3.05) is 39.6 Å². The van der Waals surface area contributed by atoms with Gasteiger partial charge in [0.2, 0.25) is 0 Å². The number of amides is 1. The van der Waals surface area contributed by atoms with E-state index in [1.54, 1.807) is 19.1 Å². The molecule has 0 unspecified atom stereocenters. The van der Waals surface area contributed by atoms with Crippen LogP contribution >= 0.6 is 15.9 Å². The van der Waals surface area contributed by atoms with Gasteiger partial charge in [0.15, 0.2) is 0 Å². The van der Waals surface area contributed by atoms with E-state index in [9.17, 15) is 19.1 Å². The lowest BCUT2D eigenvalue weighted by molar-refractivity contribution is -0.870. The third-order valence-corrected chi connectivity index (χ3v) is 6.18. The van der Waals surface area contributed by atoms with Crippen LogP contribution in [0.5, 0.6) is 0 Å². The molecule has 1 heterocycles. The summed E-state index contributed by atoms with van der Waals surface area (Å²) in [7, 11) is 6.16. The smallest absolute Gasteiger partial charge is 0.256 e. The lowest BCUT2D eigenvalue weighted by atomic mass is 9.97. The molecule has 3 aromatic carbocycles. The molecule has 7 nitrogen and oxygen atoms in total. The molecule has 198 valence electrons. The number of aliphatic hydroxyl groups is 1. The van der Waals surface area contributed by atoms with Crippen molar-refractivity contribution in [3.63, 3.8) is 0 Å². The number of carbonyl (C=O) groups excluding carboxylic acids is 2. The number of benzene rings is 3. The summed E-state index contributed by atoms with van der Waals surface area (Å²) in [5, 5.41) is 22.5. The van der Waals surface area contributed by atoms with E-state index in [1.165, 1.54) is 12.1 Å². The number of pyridine rings is 1. The van der Waals surface area contributed by atoms with E-state index < -0.39 is 17.7 Å². The van der Waals surface area contributed by atoms with Gasteiger partial charge in [0.1, 0.15) is 12.4 Å². The van der Waals surface area contributed by atoms with Crippen LogP contribution in [-0.4, -0.2) is 60.7 Å². The van der Waals surface area contributed by atoms with E-state index in [0.717, 1.165) is 27.1 Å². The molecule has 4 aromatic rings. The maximum atomic E-state index is 14.4. The third-order valence-electron chi connectivity index (χ3n) is 5.69. The molecule has 0 saturated carbocycles. The van der Waals surface area contributed by atoms with Gasteiger partial charge in [-0.25, -0.2) is 9.37 Å². The van der Waals surface area contributed by atoms with E-state index in [4.69, 9.17) is 10.1 Å². The molecular formula is C29H29BrFN3O4. The van der Waals surface area contributed by atoms with E-state index in [2.05, 4.69) is 42.4 Å². The Morgan fingerprint density at radius 1 is 1.05 bits per heavy atom. The molecule has 0 radical (unpaired) electrons. The average Bonchev–Trinajstić information content (AvgIpc) is 2.85. The van der Waals surface area contributed by atoms with E-state index in [1.807, 2.05) is 36.4 Å². The van der Waals surface area contributed by atoms with Crippen LogP contribution < -0.4 is 10.4 Å². The number of fused-ring (bicyclic) bond motifs is 1. The molecule has 0 aliphatic carbocycles. The number of aromatic carboxylic acids is 1. The van der Waals surface area contributed by atoms with Gasteiger partial charge in [0.25, 0.3) is 5.91 Å². The van der Waals surface area contributed by atoms with E-state index >= 15 is 0 Å². The number of rotatable bonds is 6. The van der Waals surface area contributed by atoms with Crippen LogP contribution in [0.4, 0.5) is 10.1 Å². The zero-order valence-electron chi connectivity index (χ0n) is 21.6. The van der Waals surface area contributed by atoms with Crippen molar-refractivity contribution >= 4 is 44.4 Å². The Morgan fingerprint density at radius 3 is 2.29 bits per heavy atom. The van der Waals surface area contributed by atoms with Gasteiger partial charge in [-0.2, -0.15) is 0 Å². The summed E-state index contributed by atoms with van der Waals surface area (Å²) in [4.78, 5) is 28.9. The van der Waals surface area contributed by atoms with Gasteiger partial charge in [-0.3, -0.25) is 4.79 Å². The van der Waals surface area contributed by atoms with Gasteiger partial charge >= 0.3 is 0 Å². The van der Waals surface area contributed by atoms with E-state index in [0.29, 0.717) is 27.7 Å². The number of aliphatic hydroxyl groups excluding tert-OH is 1. The second-order valence-corrected chi connectivity index (χ2v) is 10.6. The number of hydrogen-bond acceptors (Lipinski definition) is 5. The summed E-state index contributed by atoms with van der Waals surface area (Å²) in [6, 6.07) is 18.1. The highest BCUT2D eigenvalue weighted by Gasteiger charge is 2.20. The number of nitrogens with zero attached hydrogens (tertiary/aromatic N) is 2. The highest BCUT2D eigenvalue weighted by molar-refractivity contribution is 9.10. The minimum Gasteiger partial charge on any atom is -0.545 e. The zero-order chi connectivity index (χ0) is 28.0. The Kier molecular flexibility index (Phi) is 9.32. The van der Waals surface area contributed by atoms with E-state index in [-0.39, 0.29) is 17.9 Å². The Bertz CT molecular complexity index is 1470. The SMILES string of the molecule is C[N+](C)(C)CCO.Cc1c(-c2ccccc2)nc2ccc(Br)cc2c1C(=O)Nc1ccc(C(=O)[O-])cc1F. The maximum Gasteiger partial charge on any atom is 0.256 e. The Hall–Kier alpha value is -3.66. The molecule has 9 heteroatoms. The Balaban J connectivity index is 0.000000505. The molecule has 1 aromatic heterocycles. The van der Waals surface area contributed by atoms with Gasteiger partial charge in [-0.1, -0.05) is 52.3 Å². The molecule has 0 atom stereocenters. The van der Waals surface area contributed by atoms with Gasteiger partial charge in [-0.05, 0) is 42.8 Å². The lowest BCUT2D eigenvalue weighted by Crippen LogP contribution is -2.36. The first-order valence-corrected chi connectivity index (χ1v) is 12.6. The van der Waals surface area contributed by atoms with Crippen molar-refractivity contribution in [3.05, 3.63) is 93.7 Å². The highest BCUT2D eigenvalue weighted by atomic mass is 79.9. The largest absolute Gasteiger partial charge is 0.545 e. The normalized spacial score (nSPS) is 11.0. The number of carbonyl (C=O) groups is 2. The Morgan fingerprint density at radius 2 is 1.74 bits per heavy atom. The van der Waals surface area contributed by atoms with Crippen molar-refractivity contribution in [1.29, 1.82) is 0 Å². The van der Waals surface area contributed by atoms with Crippen LogP contribution in [0, 0.1) is 12.7 Å². The molecule has 0 aliphatic heterocycles. The fraction of sp³-hybridized carbons (Fsp3) is 0.207. The van der Waals surface area contributed by atoms with Crippen LogP contribution in [0.2, 0.25) is 0 Å². The minimum atomic E-state index is -1.50. The monoisotopic (exact) mass is 581 g/mol. The summed E-state index contributed by atoms with van der Waals surface area (Å²) in [5.41, 5.74) is 2.67. The number of likely N-dealkylation sites (N-methyl/N-ethyl adjacent to an activating group) is 1. The fourth-order valence-corrected chi connectivity index (χ4v) is 4.09. The molecule has 0 fully saturated rings. The number of halogens is 2. The molecule has 2 N–H and O–H groups in total. The lowest BCUT2D eigenvalue weighted by Gasteiger charge is -2.21. The molecular weight excluding hydrogens is 553 g/mol. The quantitative estimate of drug-likeness (QED) is 0.328. The number of anilines is 1. The van der Waals surface area contributed by atoms with Gasteiger partial charge in [0, 0.05) is 21.0 Å². The Labute approximate surface area is 229 Å². The summed E-state index contributed by atoms with van der Waals surface area (Å²) < 4.78 is 16.0. The predicted molar refractivity (Wildman–Crippen MR) is 148 cm³/mol. The third kappa shape index (κ3) is 7.22. The summed E-state index contributed by atoms with van der Waals surface area (Å²) >= 11 is 3.42. The number of nitrogens with one attached hydrogen (secondary N) is 1. The predicted octanol–water partition coefficient (Wildman–Crippen LogP) is 4.41. The molecule has 1 amide bonds. The summed E-state index contributed by atoms with van der Waals surface area (Å²) in [5.74, 6) is -2.89. The first-order chi connectivity index (χ1) is 17.9. The molecule has 0 aliphatic rings. The van der Waals surface area contributed by atoms with Crippen molar-refractivity contribution in [1.82, 2.24) is 4.98 Å². The molecule has 0 saturated heterocycles. The average molecular weight is 582 g/mol. The standard InChI is InChI=1S/C24H16BrFN2O3.C5H14NO/c1-13-21(23(29)28-20-9-7-15(24(30)31)11-18(20)26)17-12-16(25)8-10-19(17)27-22(13)14-5-3-2-4-6-14;1-6(2,3)4-5-7/h2-12H,1H3,(H,28,29)(H,30,31);7H,4-5H2,1-3H3/q;+1/p-1. The maximum absolute atomic E-state index is 14.4. The van der Waals surface area contributed by atoms with Gasteiger partial charge in [-0.15, -0.1) is 0 Å². The fourth-order valence-electron chi connectivity index (χ4n) is 3.73. The number of carboxylic acids is 1. The molecule has 0 bridgehead atoms. The van der Waals surface area contributed by atoms with Crippen LogP contribution in [0.3, 0.4) is 0 Å². The minimum absolute atomic E-state index is 0.129.